The molecule has 1 heterocycles. The molecule has 0 spiro atoms. The molecule has 9 nitrogen and oxygen atoms in total. The highest BCUT2D eigenvalue weighted by atomic mass is 16.5. The van der Waals surface area contributed by atoms with Gasteiger partial charge in [0.25, 0.3) is 5.91 Å². The van der Waals surface area contributed by atoms with Crippen molar-refractivity contribution in [2.45, 2.75) is 13.3 Å². The van der Waals surface area contributed by atoms with Crippen molar-refractivity contribution >= 4 is 40.9 Å². The molecular weight excluding hydrogens is 416 g/mol. The van der Waals surface area contributed by atoms with E-state index in [-0.39, 0.29) is 24.7 Å². The molecule has 0 unspecified atom stereocenters. The number of ether oxygens (including phenoxy) is 2. The maximum atomic E-state index is 12.3. The van der Waals surface area contributed by atoms with Gasteiger partial charge in [-0.3, -0.25) is 19.2 Å². The van der Waals surface area contributed by atoms with E-state index in [4.69, 9.17) is 4.74 Å². The Labute approximate surface area is 184 Å². The smallest absolute Gasteiger partial charge is 0.337 e. The Morgan fingerprint density at radius 3 is 2.22 bits per heavy atom. The number of hydrogen-bond acceptors (Lipinski definition) is 7. The van der Waals surface area contributed by atoms with Crippen LogP contribution in [-0.2, 0) is 23.9 Å². The Morgan fingerprint density at radius 2 is 1.62 bits per heavy atom. The summed E-state index contributed by atoms with van der Waals surface area (Å²) in [5.74, 6) is -2.71. The topological polar surface area (TPSA) is 119 Å². The predicted octanol–water partition coefficient (Wildman–Crippen LogP) is 2.21. The van der Waals surface area contributed by atoms with E-state index in [1.54, 1.807) is 36.4 Å². The van der Waals surface area contributed by atoms with Crippen LogP contribution in [0.15, 0.2) is 48.5 Å². The Morgan fingerprint density at radius 1 is 1.00 bits per heavy atom. The predicted molar refractivity (Wildman–Crippen MR) is 114 cm³/mol. The molecular formula is C23H22N2O7. The van der Waals surface area contributed by atoms with Crippen molar-refractivity contribution in [1.29, 1.82) is 0 Å². The number of nitrogens with zero attached hydrogens (tertiary/aromatic N) is 1. The van der Waals surface area contributed by atoms with Crippen LogP contribution in [-0.4, -0.2) is 49.8 Å². The van der Waals surface area contributed by atoms with Crippen LogP contribution in [0, 0.1) is 5.92 Å². The maximum absolute atomic E-state index is 12.3. The van der Waals surface area contributed by atoms with E-state index < -0.39 is 30.4 Å². The largest absolute Gasteiger partial charge is 0.465 e. The van der Waals surface area contributed by atoms with Gasteiger partial charge in [-0.2, -0.15) is 0 Å². The van der Waals surface area contributed by atoms with Gasteiger partial charge in [-0.1, -0.05) is 0 Å². The van der Waals surface area contributed by atoms with Crippen molar-refractivity contribution in [3.05, 3.63) is 59.7 Å². The summed E-state index contributed by atoms with van der Waals surface area (Å²) in [5.41, 5.74) is 1.88. The van der Waals surface area contributed by atoms with Crippen LogP contribution >= 0.6 is 0 Å². The van der Waals surface area contributed by atoms with Gasteiger partial charge in [0.15, 0.2) is 12.4 Å². The fourth-order valence-electron chi connectivity index (χ4n) is 3.25. The molecule has 0 aromatic heterocycles. The zero-order chi connectivity index (χ0) is 23.3. The van der Waals surface area contributed by atoms with Gasteiger partial charge < -0.3 is 19.7 Å². The Hall–Kier alpha value is -4.01. The number of anilines is 2. The third-order valence-corrected chi connectivity index (χ3v) is 4.98. The molecule has 1 saturated heterocycles. The van der Waals surface area contributed by atoms with Crippen LogP contribution in [0.3, 0.4) is 0 Å². The van der Waals surface area contributed by atoms with E-state index in [1.807, 2.05) is 0 Å². The average Bonchev–Trinajstić information content (AvgIpc) is 3.19. The molecule has 1 N–H and O–H groups in total. The second-order valence-corrected chi connectivity index (χ2v) is 7.23. The third-order valence-electron chi connectivity index (χ3n) is 4.98. The number of nitrogens with one attached hydrogen (secondary N) is 1. The zero-order valence-corrected chi connectivity index (χ0v) is 17.6. The van der Waals surface area contributed by atoms with E-state index in [0.717, 1.165) is 0 Å². The SMILES string of the molecule is COC(=O)c1ccc(N2C[C@H](C(=O)OCC(=O)Nc3ccc(C(C)=O)cc3)CC2=O)cc1. The summed E-state index contributed by atoms with van der Waals surface area (Å²) in [6.45, 7) is 1.06. The first-order valence-electron chi connectivity index (χ1n) is 9.84. The van der Waals surface area contributed by atoms with Crippen LogP contribution in [0.4, 0.5) is 11.4 Å². The lowest BCUT2D eigenvalue weighted by Gasteiger charge is -2.16. The van der Waals surface area contributed by atoms with E-state index in [1.165, 1.54) is 31.1 Å². The number of Topliss-reactive ketones (excluding diaryl/α,β-unsaturated/α-hetero) is 1. The van der Waals surface area contributed by atoms with E-state index in [9.17, 15) is 24.0 Å². The number of ketones is 1. The first-order chi connectivity index (χ1) is 15.3. The van der Waals surface area contributed by atoms with Gasteiger partial charge in [-0.05, 0) is 55.5 Å². The summed E-state index contributed by atoms with van der Waals surface area (Å²) >= 11 is 0. The van der Waals surface area contributed by atoms with Gasteiger partial charge in [-0.15, -0.1) is 0 Å². The molecule has 1 aliphatic rings. The van der Waals surface area contributed by atoms with Gasteiger partial charge in [0.1, 0.15) is 0 Å². The zero-order valence-electron chi connectivity index (χ0n) is 17.6. The number of methoxy groups -OCH3 is 1. The highest BCUT2D eigenvalue weighted by molar-refractivity contribution is 6.00. The van der Waals surface area contributed by atoms with Gasteiger partial charge in [-0.25, -0.2) is 4.79 Å². The highest BCUT2D eigenvalue weighted by Gasteiger charge is 2.36. The number of amides is 2. The highest BCUT2D eigenvalue weighted by Crippen LogP contribution is 2.26. The van der Waals surface area contributed by atoms with Crippen LogP contribution in [0.2, 0.25) is 0 Å². The first kappa shape index (κ1) is 22.7. The van der Waals surface area contributed by atoms with Gasteiger partial charge >= 0.3 is 11.9 Å². The monoisotopic (exact) mass is 438 g/mol. The second kappa shape index (κ2) is 9.86. The first-order valence-corrected chi connectivity index (χ1v) is 9.84. The quantitative estimate of drug-likeness (QED) is 0.520. The summed E-state index contributed by atoms with van der Waals surface area (Å²) in [5, 5.41) is 2.57. The lowest BCUT2D eigenvalue weighted by Crippen LogP contribution is -2.28. The molecule has 1 atom stereocenters. The number of rotatable bonds is 7. The molecule has 2 aromatic carbocycles. The standard InChI is InChI=1S/C23H22N2O7/c1-14(26)15-3-7-18(8-4-15)24-20(27)13-32-23(30)17-11-21(28)25(12-17)19-9-5-16(6-10-19)22(29)31-2/h3-10,17H,11-13H2,1-2H3,(H,24,27)/t17-/m1/s1. The van der Waals surface area contributed by atoms with Crippen LogP contribution in [0.5, 0.6) is 0 Å². The minimum absolute atomic E-state index is 0.0360. The normalized spacial score (nSPS) is 15.2. The van der Waals surface area contributed by atoms with Crippen molar-refractivity contribution in [3.63, 3.8) is 0 Å². The molecule has 0 saturated carbocycles. The molecule has 166 valence electrons. The van der Waals surface area contributed by atoms with Crippen molar-refractivity contribution < 1.29 is 33.4 Å². The summed E-state index contributed by atoms with van der Waals surface area (Å²) in [4.78, 5) is 61.0. The van der Waals surface area contributed by atoms with E-state index in [0.29, 0.717) is 22.5 Å². The lowest BCUT2D eigenvalue weighted by molar-refractivity contribution is -0.151. The summed E-state index contributed by atoms with van der Waals surface area (Å²) < 4.78 is 9.72. The lowest BCUT2D eigenvalue weighted by atomic mass is 10.1. The van der Waals surface area contributed by atoms with Crippen molar-refractivity contribution in [2.75, 3.05) is 30.5 Å². The molecule has 1 aliphatic heterocycles. The minimum atomic E-state index is -0.703. The Kier molecular flexibility index (Phi) is 6.99. The number of carbonyl (C=O) groups excluding carboxylic acids is 5. The summed E-state index contributed by atoms with van der Waals surface area (Å²) in [6.07, 6.45) is -0.0360. The molecule has 9 heteroatoms. The Balaban J connectivity index is 1.51. The number of carbonyl (C=O) groups is 5. The maximum Gasteiger partial charge on any atom is 0.337 e. The fourth-order valence-corrected chi connectivity index (χ4v) is 3.25. The second-order valence-electron chi connectivity index (χ2n) is 7.23. The molecule has 0 aliphatic carbocycles. The van der Waals surface area contributed by atoms with Crippen LogP contribution in [0.1, 0.15) is 34.1 Å². The van der Waals surface area contributed by atoms with Gasteiger partial charge in [0.2, 0.25) is 5.91 Å². The molecule has 2 aromatic rings. The average molecular weight is 438 g/mol. The van der Waals surface area contributed by atoms with E-state index >= 15 is 0 Å². The Bertz CT molecular complexity index is 1050. The van der Waals surface area contributed by atoms with E-state index in [2.05, 4.69) is 10.1 Å². The summed E-state index contributed by atoms with van der Waals surface area (Å²) in [6, 6.07) is 12.6. The fraction of sp³-hybridized carbons (Fsp3) is 0.261. The van der Waals surface area contributed by atoms with Crippen LogP contribution < -0.4 is 10.2 Å². The molecule has 0 radical (unpaired) electrons. The number of hydrogen-bond donors (Lipinski definition) is 1. The number of esters is 2. The number of benzene rings is 2. The van der Waals surface area contributed by atoms with Gasteiger partial charge in [0, 0.05) is 29.9 Å². The summed E-state index contributed by atoms with van der Waals surface area (Å²) in [7, 11) is 1.28. The minimum Gasteiger partial charge on any atom is -0.465 e. The molecule has 1 fully saturated rings. The van der Waals surface area contributed by atoms with Crippen LogP contribution in [0.25, 0.3) is 0 Å². The molecule has 3 rings (SSSR count). The molecule has 0 bridgehead atoms. The van der Waals surface area contributed by atoms with Crippen molar-refractivity contribution in [3.8, 4) is 0 Å². The van der Waals surface area contributed by atoms with Crippen molar-refractivity contribution in [2.24, 2.45) is 5.92 Å². The van der Waals surface area contributed by atoms with Crippen molar-refractivity contribution in [1.82, 2.24) is 0 Å². The molecule has 2 amide bonds. The molecule has 32 heavy (non-hydrogen) atoms. The van der Waals surface area contributed by atoms with Gasteiger partial charge in [0.05, 0.1) is 18.6 Å². The third kappa shape index (κ3) is 5.37.